The number of hydrogen-bond donors (Lipinski definition) is 1. The Hall–Kier alpha value is -3.54. The summed E-state index contributed by atoms with van der Waals surface area (Å²) >= 11 is 0. The fourth-order valence-electron chi connectivity index (χ4n) is 4.89. The highest BCUT2D eigenvalue weighted by molar-refractivity contribution is 6.26. The quantitative estimate of drug-likeness (QED) is 0.402. The van der Waals surface area contributed by atoms with Gasteiger partial charge in [-0.15, -0.1) is 0 Å². The van der Waals surface area contributed by atoms with Crippen molar-refractivity contribution in [3.05, 3.63) is 82.4 Å². The third-order valence-corrected chi connectivity index (χ3v) is 6.85. The van der Waals surface area contributed by atoms with E-state index in [1.165, 1.54) is 0 Å². The number of ether oxygens (including phenoxy) is 1. The van der Waals surface area contributed by atoms with E-state index in [0.29, 0.717) is 48.0 Å². The number of unbranched alkanes of at least 4 members (excludes halogenated alkanes) is 1. The lowest BCUT2D eigenvalue weighted by molar-refractivity contribution is -0.160. The molecule has 36 heavy (non-hydrogen) atoms. The van der Waals surface area contributed by atoms with Crippen LogP contribution in [-0.2, 0) is 14.3 Å². The van der Waals surface area contributed by atoms with Crippen molar-refractivity contribution in [1.29, 1.82) is 0 Å². The van der Waals surface area contributed by atoms with E-state index in [0.717, 1.165) is 5.56 Å². The molecule has 2 aliphatic rings. The first-order valence-corrected chi connectivity index (χ1v) is 12.5. The molecule has 0 bridgehead atoms. The normalized spacial score (nSPS) is 21.2. The van der Waals surface area contributed by atoms with E-state index >= 15 is 0 Å². The molecule has 2 atom stereocenters. The second-order valence-corrected chi connectivity index (χ2v) is 10.7. The molecule has 1 fully saturated rings. The van der Waals surface area contributed by atoms with Gasteiger partial charge in [-0.05, 0) is 58.9 Å². The molecule has 0 aromatic heterocycles. The molecule has 2 aromatic carbocycles. The minimum atomic E-state index is -1.06. The van der Waals surface area contributed by atoms with Crippen LogP contribution in [0, 0.1) is 0 Å². The van der Waals surface area contributed by atoms with Crippen LogP contribution in [0.1, 0.15) is 92.0 Å². The zero-order valence-corrected chi connectivity index (χ0v) is 21.4. The van der Waals surface area contributed by atoms with E-state index < -0.39 is 17.1 Å². The average molecular weight is 488 g/mol. The Morgan fingerprint density at radius 1 is 0.944 bits per heavy atom. The molecular weight excluding hydrogens is 454 g/mol. The molecule has 2 unspecified atom stereocenters. The first kappa shape index (κ1) is 25.5. The van der Waals surface area contributed by atoms with Gasteiger partial charge in [-0.2, -0.15) is 0 Å². The van der Waals surface area contributed by atoms with Crippen LogP contribution in [0.2, 0.25) is 0 Å². The monoisotopic (exact) mass is 487 g/mol. The van der Waals surface area contributed by atoms with Crippen LogP contribution in [-0.4, -0.2) is 34.6 Å². The van der Waals surface area contributed by atoms with Crippen molar-refractivity contribution in [2.24, 2.45) is 0 Å². The third-order valence-electron chi connectivity index (χ3n) is 6.85. The van der Waals surface area contributed by atoms with E-state index in [1.807, 2.05) is 51.1 Å². The first-order chi connectivity index (χ1) is 17.0. The van der Waals surface area contributed by atoms with Gasteiger partial charge in [0.15, 0.2) is 11.6 Å². The number of fused-ring (bicyclic) bond motifs is 1. The summed E-state index contributed by atoms with van der Waals surface area (Å²) in [7, 11) is 0. The number of benzene rings is 2. The van der Waals surface area contributed by atoms with Gasteiger partial charge in [0.25, 0.3) is 0 Å². The SMILES string of the molecule is CC1=C(CCCCC(=O)NC2(C(=O)OC(C)(C)C)CC2c2ccccc2)C(=O)c2ccccc2C1=O. The molecule has 4 rings (SSSR count). The number of hydrogen-bond acceptors (Lipinski definition) is 5. The Morgan fingerprint density at radius 3 is 2.19 bits per heavy atom. The number of amides is 1. The highest BCUT2D eigenvalue weighted by Gasteiger charge is 2.63. The van der Waals surface area contributed by atoms with Crippen LogP contribution in [0.25, 0.3) is 0 Å². The summed E-state index contributed by atoms with van der Waals surface area (Å²) in [5, 5.41) is 2.97. The van der Waals surface area contributed by atoms with Gasteiger partial charge in [-0.3, -0.25) is 14.4 Å². The van der Waals surface area contributed by atoms with Gasteiger partial charge >= 0.3 is 5.97 Å². The van der Waals surface area contributed by atoms with Gasteiger partial charge < -0.3 is 10.1 Å². The van der Waals surface area contributed by atoms with Crippen molar-refractivity contribution in [3.8, 4) is 0 Å². The van der Waals surface area contributed by atoms with Crippen LogP contribution in [0.3, 0.4) is 0 Å². The van der Waals surface area contributed by atoms with Crippen LogP contribution in [0.5, 0.6) is 0 Å². The Balaban J connectivity index is 1.37. The zero-order chi connectivity index (χ0) is 26.1. The number of carbonyl (C=O) groups is 4. The largest absolute Gasteiger partial charge is 0.458 e. The summed E-state index contributed by atoms with van der Waals surface area (Å²) < 4.78 is 5.66. The molecular formula is C30H33NO5. The van der Waals surface area contributed by atoms with Gasteiger partial charge in [0.1, 0.15) is 11.1 Å². The standard InChI is InChI=1S/C30H33NO5/c1-19-21(27(34)23-16-9-8-15-22(23)26(19)33)14-10-11-17-25(32)31-30(28(35)36-29(2,3)4)18-24(30)20-12-6-5-7-13-20/h5-9,12-13,15-16,24H,10-11,14,17-18H2,1-4H3,(H,31,32). The lowest BCUT2D eigenvalue weighted by Crippen LogP contribution is -2.47. The number of Topliss-reactive ketones (excluding diaryl/α,β-unsaturated/α-hetero) is 2. The topological polar surface area (TPSA) is 89.5 Å². The molecule has 0 aliphatic heterocycles. The Morgan fingerprint density at radius 2 is 1.56 bits per heavy atom. The fraction of sp³-hybridized carbons (Fsp3) is 0.400. The number of nitrogens with one attached hydrogen (secondary N) is 1. The number of rotatable bonds is 8. The van der Waals surface area contributed by atoms with E-state index in [1.54, 1.807) is 31.2 Å². The van der Waals surface area contributed by atoms with E-state index in [9.17, 15) is 19.2 Å². The highest BCUT2D eigenvalue weighted by Crippen LogP contribution is 2.52. The second kappa shape index (κ2) is 9.84. The maximum Gasteiger partial charge on any atom is 0.333 e. The predicted octanol–water partition coefficient (Wildman–Crippen LogP) is 5.33. The van der Waals surface area contributed by atoms with Gasteiger partial charge in [0.2, 0.25) is 5.91 Å². The van der Waals surface area contributed by atoms with Gasteiger partial charge in [0, 0.05) is 34.6 Å². The number of esters is 1. The maximum atomic E-state index is 13.1. The van der Waals surface area contributed by atoms with Crippen LogP contribution >= 0.6 is 0 Å². The van der Waals surface area contributed by atoms with Crippen LogP contribution in [0.15, 0.2) is 65.7 Å². The molecule has 0 radical (unpaired) electrons. The highest BCUT2D eigenvalue weighted by atomic mass is 16.6. The average Bonchev–Trinajstić information content (AvgIpc) is 3.57. The summed E-state index contributed by atoms with van der Waals surface area (Å²) in [6, 6.07) is 16.6. The minimum Gasteiger partial charge on any atom is -0.458 e. The summed E-state index contributed by atoms with van der Waals surface area (Å²) in [5.74, 6) is -0.988. The molecule has 1 N–H and O–H groups in total. The second-order valence-electron chi connectivity index (χ2n) is 10.7. The number of allylic oxidation sites excluding steroid dienone is 2. The molecule has 188 valence electrons. The molecule has 1 amide bonds. The van der Waals surface area contributed by atoms with Crippen molar-refractivity contribution in [2.75, 3.05) is 0 Å². The molecule has 0 spiro atoms. The molecule has 6 heteroatoms. The summed E-state index contributed by atoms with van der Waals surface area (Å²) in [6.07, 6.45) is 2.27. The lowest BCUT2D eigenvalue weighted by atomic mass is 9.83. The molecule has 6 nitrogen and oxygen atoms in total. The molecule has 2 aromatic rings. The van der Waals surface area contributed by atoms with Crippen molar-refractivity contribution < 1.29 is 23.9 Å². The summed E-state index contributed by atoms with van der Waals surface area (Å²) in [6.45, 7) is 7.13. The van der Waals surface area contributed by atoms with E-state index in [4.69, 9.17) is 4.74 Å². The molecule has 0 heterocycles. The first-order valence-electron chi connectivity index (χ1n) is 12.5. The minimum absolute atomic E-state index is 0.111. The smallest absolute Gasteiger partial charge is 0.333 e. The maximum absolute atomic E-state index is 13.1. The Kier molecular flexibility index (Phi) is 6.98. The van der Waals surface area contributed by atoms with Crippen molar-refractivity contribution in [3.63, 3.8) is 0 Å². The fourth-order valence-corrected chi connectivity index (χ4v) is 4.89. The van der Waals surface area contributed by atoms with E-state index in [-0.39, 0.29) is 29.8 Å². The summed E-state index contributed by atoms with van der Waals surface area (Å²) in [4.78, 5) is 51.6. The van der Waals surface area contributed by atoms with Crippen LogP contribution < -0.4 is 5.32 Å². The third kappa shape index (κ3) is 5.18. The number of ketones is 2. The van der Waals surface area contributed by atoms with Crippen molar-refractivity contribution in [1.82, 2.24) is 5.32 Å². The summed E-state index contributed by atoms with van der Waals surface area (Å²) in [5.41, 5.74) is 1.18. The Labute approximate surface area is 212 Å². The van der Waals surface area contributed by atoms with Crippen molar-refractivity contribution >= 4 is 23.4 Å². The molecule has 0 saturated heterocycles. The van der Waals surface area contributed by atoms with Gasteiger partial charge in [-0.25, -0.2) is 4.79 Å². The molecule has 1 saturated carbocycles. The predicted molar refractivity (Wildman–Crippen MR) is 137 cm³/mol. The molecule has 2 aliphatic carbocycles. The lowest BCUT2D eigenvalue weighted by Gasteiger charge is -2.25. The van der Waals surface area contributed by atoms with Crippen molar-refractivity contribution in [2.45, 2.75) is 76.9 Å². The van der Waals surface area contributed by atoms with E-state index in [2.05, 4.69) is 5.32 Å². The number of carbonyl (C=O) groups excluding carboxylic acids is 4. The van der Waals surface area contributed by atoms with Crippen LogP contribution in [0.4, 0.5) is 0 Å². The zero-order valence-electron chi connectivity index (χ0n) is 21.4. The van der Waals surface area contributed by atoms with Gasteiger partial charge in [-0.1, -0.05) is 54.6 Å². The Bertz CT molecular complexity index is 1240. The van der Waals surface area contributed by atoms with Gasteiger partial charge in [0.05, 0.1) is 0 Å².